The Morgan fingerprint density at radius 2 is 1.89 bits per heavy atom. The minimum atomic E-state index is -0.0622. The van der Waals surface area contributed by atoms with Gasteiger partial charge >= 0.3 is 0 Å². The van der Waals surface area contributed by atoms with E-state index in [2.05, 4.69) is 19.9 Å². The number of allylic oxidation sites excluding steroid dienone is 1. The second-order valence-corrected chi connectivity index (χ2v) is 10.7. The van der Waals surface area contributed by atoms with Crippen LogP contribution in [0, 0.1) is 28.6 Å². The molecule has 1 heterocycles. The Kier molecular flexibility index (Phi) is 4.73. The molecule has 3 unspecified atom stereocenters. The van der Waals surface area contributed by atoms with Gasteiger partial charge in [0.2, 0.25) is 0 Å². The number of fused-ring (bicyclic) bond motifs is 5. The summed E-state index contributed by atoms with van der Waals surface area (Å²) < 4.78 is 12.2. The summed E-state index contributed by atoms with van der Waals surface area (Å²) in [7, 11) is 0. The molecule has 0 amide bonds. The molecule has 4 fully saturated rings. The van der Waals surface area contributed by atoms with Gasteiger partial charge in [-0.3, -0.25) is 0 Å². The van der Waals surface area contributed by atoms with Crippen LogP contribution in [0.25, 0.3) is 0 Å². The molecule has 3 heteroatoms. The van der Waals surface area contributed by atoms with Gasteiger partial charge < -0.3 is 14.6 Å². The van der Waals surface area contributed by atoms with Crippen LogP contribution < -0.4 is 0 Å². The standard InChI is InChI=1S/C24H38O3/c1-23-12-10-17(27-22-5-3-4-14-26-22)15-16(23)6-7-18-19-8-9-21(25)24(19,2)13-11-20(18)23/h15,17-22,25H,3-14H2,1-2H3/t17?,18-,19-,20-,21?,22?,23-,24-/m0/s1. The number of rotatable bonds is 2. The fraction of sp³-hybridized carbons (Fsp3) is 0.917. The van der Waals surface area contributed by atoms with Gasteiger partial charge in [-0.2, -0.15) is 0 Å². The van der Waals surface area contributed by atoms with Crippen molar-refractivity contribution >= 4 is 0 Å². The summed E-state index contributed by atoms with van der Waals surface area (Å²) in [5, 5.41) is 10.6. The van der Waals surface area contributed by atoms with Gasteiger partial charge in [0.25, 0.3) is 0 Å². The Morgan fingerprint density at radius 1 is 1.00 bits per heavy atom. The highest BCUT2D eigenvalue weighted by Gasteiger charge is 2.58. The summed E-state index contributed by atoms with van der Waals surface area (Å²) in [4.78, 5) is 0. The molecular weight excluding hydrogens is 336 g/mol. The van der Waals surface area contributed by atoms with E-state index in [1.807, 2.05) is 0 Å². The first-order chi connectivity index (χ1) is 13.0. The lowest BCUT2D eigenvalue weighted by Crippen LogP contribution is -2.51. The Labute approximate surface area is 164 Å². The summed E-state index contributed by atoms with van der Waals surface area (Å²) in [5.74, 6) is 2.38. The Balaban J connectivity index is 1.33. The maximum Gasteiger partial charge on any atom is 0.158 e. The highest BCUT2D eigenvalue weighted by molar-refractivity contribution is 5.25. The predicted octanol–water partition coefficient (Wildman–Crippen LogP) is 5.22. The topological polar surface area (TPSA) is 38.7 Å². The monoisotopic (exact) mass is 374 g/mol. The highest BCUT2D eigenvalue weighted by Crippen LogP contribution is 2.65. The summed E-state index contributed by atoms with van der Waals surface area (Å²) >= 11 is 0. The third-order valence-corrected chi connectivity index (χ3v) is 9.49. The second kappa shape index (κ2) is 6.85. The first-order valence-electron chi connectivity index (χ1n) is 11.7. The molecule has 5 aliphatic rings. The van der Waals surface area contributed by atoms with Gasteiger partial charge in [-0.1, -0.05) is 25.5 Å². The van der Waals surface area contributed by atoms with Gasteiger partial charge in [0, 0.05) is 6.61 Å². The summed E-state index contributed by atoms with van der Waals surface area (Å²) in [5.41, 5.74) is 2.24. The van der Waals surface area contributed by atoms with Gasteiger partial charge in [0.1, 0.15) is 0 Å². The van der Waals surface area contributed by atoms with E-state index in [0.29, 0.717) is 5.41 Å². The Hall–Kier alpha value is -0.380. The molecule has 0 aromatic heterocycles. The summed E-state index contributed by atoms with van der Waals surface area (Å²) in [6.45, 7) is 5.80. The van der Waals surface area contributed by atoms with E-state index in [1.165, 1.54) is 51.4 Å². The Bertz CT molecular complexity index is 594. The Morgan fingerprint density at radius 3 is 2.70 bits per heavy atom. The maximum atomic E-state index is 10.6. The van der Waals surface area contributed by atoms with Crippen molar-refractivity contribution < 1.29 is 14.6 Å². The zero-order chi connectivity index (χ0) is 18.6. The summed E-state index contributed by atoms with van der Waals surface area (Å²) in [6.07, 6.45) is 16.0. The predicted molar refractivity (Wildman–Crippen MR) is 106 cm³/mol. The molecule has 1 saturated heterocycles. The zero-order valence-electron chi connectivity index (χ0n) is 17.3. The van der Waals surface area contributed by atoms with Gasteiger partial charge in [0.15, 0.2) is 6.29 Å². The van der Waals surface area contributed by atoms with Gasteiger partial charge in [-0.25, -0.2) is 0 Å². The van der Waals surface area contributed by atoms with Gasteiger partial charge in [-0.05, 0) is 99.2 Å². The number of hydrogen-bond donors (Lipinski definition) is 1. The normalized spacial score (nSPS) is 52.5. The van der Waals surface area contributed by atoms with Crippen molar-refractivity contribution in [2.45, 2.75) is 103 Å². The molecule has 27 heavy (non-hydrogen) atoms. The molecule has 152 valence electrons. The first-order valence-corrected chi connectivity index (χ1v) is 11.7. The molecule has 4 aliphatic carbocycles. The number of aliphatic hydroxyl groups excluding tert-OH is 1. The second-order valence-electron chi connectivity index (χ2n) is 10.7. The van der Waals surface area contributed by atoms with Crippen LogP contribution in [0.3, 0.4) is 0 Å². The summed E-state index contributed by atoms with van der Waals surface area (Å²) in [6, 6.07) is 0. The van der Waals surface area contributed by atoms with E-state index in [0.717, 1.165) is 43.6 Å². The van der Waals surface area contributed by atoms with E-state index in [1.54, 1.807) is 5.57 Å². The molecule has 8 atom stereocenters. The first kappa shape index (κ1) is 18.6. The van der Waals surface area contributed by atoms with Crippen LogP contribution in [0.4, 0.5) is 0 Å². The van der Waals surface area contributed by atoms with Crippen LogP contribution in [0.15, 0.2) is 11.6 Å². The average molecular weight is 375 g/mol. The quantitative estimate of drug-likeness (QED) is 0.673. The highest BCUT2D eigenvalue weighted by atomic mass is 16.7. The molecule has 0 spiro atoms. The molecule has 0 radical (unpaired) electrons. The van der Waals surface area contributed by atoms with Crippen LogP contribution in [0.2, 0.25) is 0 Å². The fourth-order valence-corrected chi connectivity index (χ4v) is 7.79. The van der Waals surface area contributed by atoms with E-state index in [-0.39, 0.29) is 23.9 Å². The van der Waals surface area contributed by atoms with E-state index in [9.17, 15) is 5.11 Å². The average Bonchev–Trinajstić information content (AvgIpc) is 2.98. The van der Waals surface area contributed by atoms with Crippen molar-refractivity contribution in [3.05, 3.63) is 11.6 Å². The van der Waals surface area contributed by atoms with E-state index in [4.69, 9.17) is 9.47 Å². The third-order valence-electron chi connectivity index (χ3n) is 9.49. The van der Waals surface area contributed by atoms with Crippen LogP contribution in [-0.4, -0.2) is 30.2 Å². The van der Waals surface area contributed by atoms with Crippen molar-refractivity contribution in [3.63, 3.8) is 0 Å². The maximum absolute atomic E-state index is 10.6. The number of ether oxygens (including phenoxy) is 2. The molecular formula is C24H38O3. The SMILES string of the molecule is C[C@]12CCC(OC3CCCCO3)C=C1CC[C@@H]1[C@@H]2CC[C@]2(C)C(O)CC[C@@H]12. The molecule has 0 aromatic rings. The zero-order valence-corrected chi connectivity index (χ0v) is 17.3. The van der Waals surface area contributed by atoms with E-state index >= 15 is 0 Å². The van der Waals surface area contributed by atoms with Crippen LogP contribution in [0.5, 0.6) is 0 Å². The molecule has 0 bridgehead atoms. The van der Waals surface area contributed by atoms with Crippen LogP contribution >= 0.6 is 0 Å². The van der Waals surface area contributed by atoms with Crippen LogP contribution in [0.1, 0.15) is 84.5 Å². The lowest BCUT2D eigenvalue weighted by Gasteiger charge is -2.58. The lowest BCUT2D eigenvalue weighted by atomic mass is 9.47. The lowest BCUT2D eigenvalue weighted by molar-refractivity contribution is -0.183. The number of aliphatic hydroxyl groups is 1. The van der Waals surface area contributed by atoms with Crippen molar-refractivity contribution in [1.82, 2.24) is 0 Å². The van der Waals surface area contributed by atoms with Gasteiger partial charge in [0.05, 0.1) is 12.2 Å². The van der Waals surface area contributed by atoms with Crippen LogP contribution in [-0.2, 0) is 9.47 Å². The van der Waals surface area contributed by atoms with Crippen molar-refractivity contribution in [1.29, 1.82) is 0 Å². The number of hydrogen-bond acceptors (Lipinski definition) is 3. The third kappa shape index (κ3) is 2.95. The molecule has 3 saturated carbocycles. The van der Waals surface area contributed by atoms with Crippen molar-refractivity contribution in [3.8, 4) is 0 Å². The molecule has 3 nitrogen and oxygen atoms in total. The molecule has 1 N–H and O–H groups in total. The molecule has 0 aromatic carbocycles. The fourth-order valence-electron chi connectivity index (χ4n) is 7.79. The largest absolute Gasteiger partial charge is 0.393 e. The van der Waals surface area contributed by atoms with E-state index < -0.39 is 0 Å². The minimum absolute atomic E-state index is 0.0247. The van der Waals surface area contributed by atoms with Crippen molar-refractivity contribution in [2.24, 2.45) is 28.6 Å². The van der Waals surface area contributed by atoms with Gasteiger partial charge in [-0.15, -0.1) is 0 Å². The minimum Gasteiger partial charge on any atom is -0.393 e. The van der Waals surface area contributed by atoms with Crippen molar-refractivity contribution in [2.75, 3.05) is 6.61 Å². The molecule has 1 aliphatic heterocycles. The smallest absolute Gasteiger partial charge is 0.158 e. The molecule has 5 rings (SSSR count).